The van der Waals surface area contributed by atoms with Crippen LogP contribution in [0.3, 0.4) is 0 Å². The predicted octanol–water partition coefficient (Wildman–Crippen LogP) is 1.51. The van der Waals surface area contributed by atoms with Crippen LogP contribution in [-0.4, -0.2) is 30.0 Å². The minimum absolute atomic E-state index is 0.546. The summed E-state index contributed by atoms with van der Waals surface area (Å²) in [6.45, 7) is 0.610. The highest BCUT2D eigenvalue weighted by Gasteiger charge is 2.17. The number of ether oxygens (including phenoxy) is 1. The van der Waals surface area contributed by atoms with Crippen LogP contribution in [0.25, 0.3) is 0 Å². The molecule has 0 aromatic heterocycles. The van der Waals surface area contributed by atoms with Crippen LogP contribution in [0.1, 0.15) is 24.5 Å². The first kappa shape index (κ1) is 12.2. The molecule has 0 aliphatic carbocycles. The monoisotopic (exact) mass is 210 g/mol. The highest BCUT2D eigenvalue weighted by molar-refractivity contribution is 5.18. The average molecular weight is 210 g/mol. The van der Waals surface area contributed by atoms with Crippen LogP contribution in [-0.2, 0) is 4.74 Å². The third kappa shape index (κ3) is 4.00. The van der Waals surface area contributed by atoms with Crippen molar-refractivity contribution in [2.24, 2.45) is 0 Å². The van der Waals surface area contributed by atoms with E-state index in [-0.39, 0.29) is 0 Å². The Balaban J connectivity index is 2.42. The number of hydrogen-bond donors (Lipinski definition) is 2. The van der Waals surface area contributed by atoms with Gasteiger partial charge in [-0.2, -0.15) is 0 Å². The van der Waals surface area contributed by atoms with Crippen LogP contribution in [0.2, 0.25) is 0 Å². The van der Waals surface area contributed by atoms with Gasteiger partial charge in [0.1, 0.15) is 6.10 Å². The first-order chi connectivity index (χ1) is 7.25. The Hall–Kier alpha value is -0.900. The molecule has 0 radical (unpaired) electrons. The van der Waals surface area contributed by atoms with Gasteiger partial charge in [-0.1, -0.05) is 30.3 Å². The summed E-state index contributed by atoms with van der Waals surface area (Å²) < 4.78 is 4.88. The number of benzene rings is 1. The standard InChI is InChI=1S/C12H18O3/c1-15-9-5-8-11(13)12(14)10-6-3-2-4-7-10/h2-4,6-7,11-14H,5,8-9H2,1H3. The molecule has 2 atom stereocenters. The second kappa shape index (κ2) is 6.56. The lowest BCUT2D eigenvalue weighted by molar-refractivity contribution is 0.00859. The van der Waals surface area contributed by atoms with Gasteiger partial charge in [-0.3, -0.25) is 0 Å². The lowest BCUT2D eigenvalue weighted by Crippen LogP contribution is -2.18. The zero-order valence-electron chi connectivity index (χ0n) is 8.97. The van der Waals surface area contributed by atoms with Gasteiger partial charge in [0.15, 0.2) is 0 Å². The molecule has 3 nitrogen and oxygen atoms in total. The molecule has 1 rings (SSSR count). The van der Waals surface area contributed by atoms with Crippen LogP contribution in [0.15, 0.2) is 30.3 Å². The quantitative estimate of drug-likeness (QED) is 0.700. The molecule has 0 bridgehead atoms. The fourth-order valence-electron chi connectivity index (χ4n) is 1.47. The molecule has 0 saturated carbocycles. The molecule has 1 aromatic carbocycles. The minimum atomic E-state index is -0.803. The van der Waals surface area contributed by atoms with Gasteiger partial charge in [0.25, 0.3) is 0 Å². The number of aliphatic hydroxyl groups is 2. The topological polar surface area (TPSA) is 49.7 Å². The maximum absolute atomic E-state index is 9.80. The molecular weight excluding hydrogens is 192 g/mol. The molecule has 84 valence electrons. The van der Waals surface area contributed by atoms with E-state index in [0.717, 1.165) is 12.0 Å². The Bertz CT molecular complexity index is 261. The van der Waals surface area contributed by atoms with Crippen molar-refractivity contribution in [2.75, 3.05) is 13.7 Å². The van der Waals surface area contributed by atoms with Crippen LogP contribution < -0.4 is 0 Å². The van der Waals surface area contributed by atoms with E-state index in [1.54, 1.807) is 7.11 Å². The molecular formula is C12H18O3. The van der Waals surface area contributed by atoms with Gasteiger partial charge in [0.05, 0.1) is 6.10 Å². The second-order valence-electron chi connectivity index (χ2n) is 3.56. The van der Waals surface area contributed by atoms with E-state index in [1.807, 2.05) is 30.3 Å². The lowest BCUT2D eigenvalue weighted by Gasteiger charge is -2.17. The van der Waals surface area contributed by atoms with Gasteiger partial charge < -0.3 is 14.9 Å². The van der Waals surface area contributed by atoms with Crippen LogP contribution in [0, 0.1) is 0 Å². The van der Waals surface area contributed by atoms with Gasteiger partial charge in [-0.25, -0.2) is 0 Å². The van der Waals surface area contributed by atoms with Crippen molar-refractivity contribution in [1.29, 1.82) is 0 Å². The average Bonchev–Trinajstić information content (AvgIpc) is 2.29. The van der Waals surface area contributed by atoms with Crippen molar-refractivity contribution in [3.63, 3.8) is 0 Å². The SMILES string of the molecule is COCCCC(O)C(O)c1ccccc1. The predicted molar refractivity (Wildman–Crippen MR) is 58.5 cm³/mol. The van der Waals surface area contributed by atoms with E-state index in [0.29, 0.717) is 13.0 Å². The van der Waals surface area contributed by atoms with Crippen LogP contribution >= 0.6 is 0 Å². The highest BCUT2D eigenvalue weighted by atomic mass is 16.5. The summed E-state index contributed by atoms with van der Waals surface area (Å²) in [7, 11) is 1.63. The van der Waals surface area contributed by atoms with Gasteiger partial charge in [0.2, 0.25) is 0 Å². The summed E-state index contributed by atoms with van der Waals surface area (Å²) in [5, 5.41) is 19.5. The van der Waals surface area contributed by atoms with Gasteiger partial charge >= 0.3 is 0 Å². The molecule has 3 heteroatoms. The van der Waals surface area contributed by atoms with Gasteiger partial charge in [-0.15, -0.1) is 0 Å². The first-order valence-electron chi connectivity index (χ1n) is 5.15. The van der Waals surface area contributed by atoms with Gasteiger partial charge in [-0.05, 0) is 18.4 Å². The van der Waals surface area contributed by atoms with E-state index in [2.05, 4.69) is 0 Å². The van der Waals surface area contributed by atoms with Crippen LogP contribution in [0.5, 0.6) is 0 Å². The largest absolute Gasteiger partial charge is 0.390 e. The fourth-order valence-corrected chi connectivity index (χ4v) is 1.47. The Kier molecular flexibility index (Phi) is 5.32. The van der Waals surface area contributed by atoms with Crippen molar-refractivity contribution in [3.8, 4) is 0 Å². The van der Waals surface area contributed by atoms with Gasteiger partial charge in [0, 0.05) is 13.7 Å². The second-order valence-corrected chi connectivity index (χ2v) is 3.56. The van der Waals surface area contributed by atoms with Crippen molar-refractivity contribution in [2.45, 2.75) is 25.0 Å². The van der Waals surface area contributed by atoms with E-state index >= 15 is 0 Å². The molecule has 0 fully saturated rings. The number of methoxy groups -OCH3 is 1. The lowest BCUT2D eigenvalue weighted by atomic mass is 10.0. The fraction of sp³-hybridized carbons (Fsp3) is 0.500. The van der Waals surface area contributed by atoms with E-state index in [9.17, 15) is 10.2 Å². The van der Waals surface area contributed by atoms with E-state index in [1.165, 1.54) is 0 Å². The molecule has 0 aliphatic rings. The summed E-state index contributed by atoms with van der Waals surface area (Å²) in [4.78, 5) is 0. The molecule has 2 N–H and O–H groups in total. The van der Waals surface area contributed by atoms with Crippen molar-refractivity contribution in [3.05, 3.63) is 35.9 Å². The molecule has 0 aliphatic heterocycles. The summed E-state index contributed by atoms with van der Waals surface area (Å²) in [5.74, 6) is 0. The van der Waals surface area contributed by atoms with E-state index in [4.69, 9.17) is 4.74 Å². The highest BCUT2D eigenvalue weighted by Crippen LogP contribution is 2.19. The molecule has 0 amide bonds. The Morgan fingerprint density at radius 1 is 1.20 bits per heavy atom. The Labute approximate surface area is 90.3 Å². The van der Waals surface area contributed by atoms with Crippen LogP contribution in [0.4, 0.5) is 0 Å². The first-order valence-corrected chi connectivity index (χ1v) is 5.15. The Morgan fingerprint density at radius 2 is 1.87 bits per heavy atom. The molecule has 1 aromatic rings. The maximum Gasteiger partial charge on any atom is 0.105 e. The molecule has 0 spiro atoms. The number of aliphatic hydroxyl groups excluding tert-OH is 2. The van der Waals surface area contributed by atoms with Crippen molar-refractivity contribution >= 4 is 0 Å². The normalized spacial score (nSPS) is 14.9. The minimum Gasteiger partial charge on any atom is -0.390 e. The smallest absolute Gasteiger partial charge is 0.105 e. The third-order valence-electron chi connectivity index (χ3n) is 2.35. The zero-order chi connectivity index (χ0) is 11.1. The van der Waals surface area contributed by atoms with Crippen molar-refractivity contribution < 1.29 is 14.9 Å². The molecule has 0 heterocycles. The Morgan fingerprint density at radius 3 is 2.47 bits per heavy atom. The summed E-state index contributed by atoms with van der Waals surface area (Å²) >= 11 is 0. The molecule has 2 unspecified atom stereocenters. The molecule has 15 heavy (non-hydrogen) atoms. The zero-order valence-corrected chi connectivity index (χ0v) is 8.97. The van der Waals surface area contributed by atoms with Crippen molar-refractivity contribution in [1.82, 2.24) is 0 Å². The molecule has 0 saturated heterocycles. The number of rotatable bonds is 6. The third-order valence-corrected chi connectivity index (χ3v) is 2.35. The summed E-state index contributed by atoms with van der Waals surface area (Å²) in [6.07, 6.45) is -0.226. The maximum atomic E-state index is 9.80. The number of hydrogen-bond acceptors (Lipinski definition) is 3. The summed E-state index contributed by atoms with van der Waals surface area (Å²) in [5.41, 5.74) is 0.752. The summed E-state index contributed by atoms with van der Waals surface area (Å²) in [6, 6.07) is 9.20. The van der Waals surface area contributed by atoms with E-state index < -0.39 is 12.2 Å².